The molecule has 7 heteroatoms. The van der Waals surface area contributed by atoms with Crippen molar-refractivity contribution in [2.75, 3.05) is 10.4 Å². The molecule has 0 aromatic heterocycles. The van der Waals surface area contributed by atoms with Crippen LogP contribution in [0.5, 0.6) is 0 Å². The minimum Gasteiger partial charge on any atom is -0.279 e. The van der Waals surface area contributed by atoms with Crippen LogP contribution in [0.15, 0.2) is 119 Å². The summed E-state index contributed by atoms with van der Waals surface area (Å²) in [5.41, 5.74) is 8.93. The molecule has 0 saturated heterocycles. The van der Waals surface area contributed by atoms with E-state index in [1.807, 2.05) is 89.9 Å². The van der Waals surface area contributed by atoms with Gasteiger partial charge in [0.2, 0.25) is 0 Å². The molecule has 1 heterocycles. The van der Waals surface area contributed by atoms with Crippen LogP contribution in [-0.2, 0) is 0 Å². The topological polar surface area (TPSA) is 83.1 Å². The SMILES string of the molecule is O=[N+]([O-])c1ccc(C2CC(c3ccccc3)=NN2c2ccc(/C=N/Nc3ccccc3)cc2)cc1. The molecule has 4 aromatic rings. The van der Waals surface area contributed by atoms with Crippen molar-refractivity contribution >= 4 is 29.0 Å². The number of hydrazone groups is 2. The fraction of sp³-hybridized carbons (Fsp3) is 0.0714. The Morgan fingerprint density at radius 2 is 1.54 bits per heavy atom. The molecule has 1 atom stereocenters. The molecule has 172 valence electrons. The minimum absolute atomic E-state index is 0.0646. The van der Waals surface area contributed by atoms with Crippen LogP contribution in [0.4, 0.5) is 17.1 Å². The number of para-hydroxylation sites is 1. The van der Waals surface area contributed by atoms with Gasteiger partial charge in [0.25, 0.3) is 5.69 Å². The molecule has 1 aliphatic rings. The predicted octanol–water partition coefficient (Wildman–Crippen LogP) is 6.40. The summed E-state index contributed by atoms with van der Waals surface area (Å²) in [6.45, 7) is 0. The zero-order valence-electron chi connectivity index (χ0n) is 18.9. The van der Waals surface area contributed by atoms with Gasteiger partial charge in [-0.3, -0.25) is 20.5 Å². The van der Waals surface area contributed by atoms with E-state index in [-0.39, 0.29) is 16.7 Å². The van der Waals surface area contributed by atoms with Gasteiger partial charge < -0.3 is 0 Å². The fourth-order valence-corrected chi connectivity index (χ4v) is 4.04. The Hall–Kier alpha value is -4.78. The number of rotatable bonds is 7. The van der Waals surface area contributed by atoms with Crippen molar-refractivity contribution in [3.63, 3.8) is 0 Å². The number of benzene rings is 4. The monoisotopic (exact) mass is 461 g/mol. The van der Waals surface area contributed by atoms with Crippen LogP contribution in [0.3, 0.4) is 0 Å². The van der Waals surface area contributed by atoms with Gasteiger partial charge in [-0.05, 0) is 41.0 Å². The first-order valence-electron chi connectivity index (χ1n) is 11.3. The van der Waals surface area contributed by atoms with Crippen LogP contribution in [0.2, 0.25) is 0 Å². The third kappa shape index (κ3) is 5.09. The largest absolute Gasteiger partial charge is 0.279 e. The van der Waals surface area contributed by atoms with E-state index in [1.54, 1.807) is 18.3 Å². The molecular formula is C28H23N5O2. The molecule has 0 spiro atoms. The van der Waals surface area contributed by atoms with Gasteiger partial charge in [0, 0.05) is 18.6 Å². The Balaban J connectivity index is 1.40. The molecule has 0 aliphatic carbocycles. The standard InChI is InChI=1S/C28H23N5O2/c34-33(35)26-17-13-23(14-18-26)28-19-27(22-7-3-1-4-8-22)31-32(28)25-15-11-21(12-16-25)20-29-30-24-9-5-2-6-10-24/h1-18,20,28,30H,19H2/b29-20+. The molecule has 0 saturated carbocycles. The van der Waals surface area contributed by atoms with Crippen molar-refractivity contribution in [3.05, 3.63) is 136 Å². The lowest BCUT2D eigenvalue weighted by molar-refractivity contribution is -0.384. The van der Waals surface area contributed by atoms with Crippen LogP contribution in [0, 0.1) is 10.1 Å². The van der Waals surface area contributed by atoms with Gasteiger partial charge in [-0.1, -0.05) is 72.8 Å². The summed E-state index contributed by atoms with van der Waals surface area (Å²) in [4.78, 5) is 10.7. The van der Waals surface area contributed by atoms with Crippen molar-refractivity contribution in [2.24, 2.45) is 10.2 Å². The molecule has 1 unspecified atom stereocenters. The molecule has 4 aromatic carbocycles. The highest BCUT2D eigenvalue weighted by Gasteiger charge is 2.30. The quantitative estimate of drug-likeness (QED) is 0.196. The van der Waals surface area contributed by atoms with Crippen molar-refractivity contribution in [1.82, 2.24) is 0 Å². The van der Waals surface area contributed by atoms with Crippen molar-refractivity contribution in [1.29, 1.82) is 0 Å². The predicted molar refractivity (Wildman–Crippen MR) is 140 cm³/mol. The van der Waals surface area contributed by atoms with E-state index < -0.39 is 0 Å². The molecule has 35 heavy (non-hydrogen) atoms. The third-order valence-corrected chi connectivity index (χ3v) is 5.84. The molecule has 7 nitrogen and oxygen atoms in total. The summed E-state index contributed by atoms with van der Waals surface area (Å²) in [5.74, 6) is 0. The highest BCUT2D eigenvalue weighted by Crippen LogP contribution is 2.37. The Morgan fingerprint density at radius 1 is 0.886 bits per heavy atom. The molecule has 0 radical (unpaired) electrons. The van der Waals surface area contributed by atoms with Crippen LogP contribution in [0.1, 0.15) is 29.2 Å². The van der Waals surface area contributed by atoms with Gasteiger partial charge in [0.05, 0.1) is 34.3 Å². The van der Waals surface area contributed by atoms with Crippen molar-refractivity contribution < 1.29 is 4.92 Å². The minimum atomic E-state index is -0.380. The van der Waals surface area contributed by atoms with Gasteiger partial charge in [0.1, 0.15) is 0 Å². The Labute approximate surface area is 203 Å². The van der Waals surface area contributed by atoms with Gasteiger partial charge in [-0.25, -0.2) is 0 Å². The summed E-state index contributed by atoms with van der Waals surface area (Å²) in [7, 11) is 0. The highest BCUT2D eigenvalue weighted by atomic mass is 16.6. The molecule has 1 aliphatic heterocycles. The third-order valence-electron chi connectivity index (χ3n) is 5.84. The molecule has 5 rings (SSSR count). The van der Waals surface area contributed by atoms with E-state index in [2.05, 4.69) is 22.7 Å². The van der Waals surface area contributed by atoms with E-state index in [0.717, 1.165) is 33.8 Å². The second-order valence-corrected chi connectivity index (χ2v) is 8.15. The maximum atomic E-state index is 11.1. The maximum Gasteiger partial charge on any atom is 0.269 e. The maximum absolute atomic E-state index is 11.1. The second-order valence-electron chi connectivity index (χ2n) is 8.15. The van der Waals surface area contributed by atoms with Crippen molar-refractivity contribution in [2.45, 2.75) is 12.5 Å². The second kappa shape index (κ2) is 10.0. The zero-order chi connectivity index (χ0) is 24.0. The molecule has 0 amide bonds. The van der Waals surface area contributed by atoms with E-state index in [0.29, 0.717) is 6.42 Å². The number of non-ortho nitro benzene ring substituents is 1. The number of hydrogen-bond donors (Lipinski definition) is 1. The van der Waals surface area contributed by atoms with Crippen molar-refractivity contribution in [3.8, 4) is 0 Å². The van der Waals surface area contributed by atoms with E-state index in [1.165, 1.54) is 0 Å². The molecule has 0 fully saturated rings. The normalized spacial score (nSPS) is 15.3. The number of nitrogens with zero attached hydrogens (tertiary/aromatic N) is 4. The smallest absolute Gasteiger partial charge is 0.269 e. The molecular weight excluding hydrogens is 438 g/mol. The van der Waals surface area contributed by atoms with Crippen LogP contribution in [-0.4, -0.2) is 16.8 Å². The van der Waals surface area contributed by atoms with E-state index in [9.17, 15) is 10.1 Å². The number of anilines is 2. The van der Waals surface area contributed by atoms with Gasteiger partial charge in [-0.15, -0.1) is 0 Å². The highest BCUT2D eigenvalue weighted by molar-refractivity contribution is 6.03. The summed E-state index contributed by atoms with van der Waals surface area (Å²) >= 11 is 0. The fourth-order valence-electron chi connectivity index (χ4n) is 4.04. The van der Waals surface area contributed by atoms with Gasteiger partial charge in [0.15, 0.2) is 0 Å². The Bertz CT molecular complexity index is 1350. The van der Waals surface area contributed by atoms with Gasteiger partial charge >= 0.3 is 0 Å². The average molecular weight is 462 g/mol. The Kier molecular flexibility index (Phi) is 6.30. The summed E-state index contributed by atoms with van der Waals surface area (Å²) < 4.78 is 0. The summed E-state index contributed by atoms with van der Waals surface area (Å²) in [6, 6.07) is 34.5. The van der Waals surface area contributed by atoms with Crippen LogP contribution >= 0.6 is 0 Å². The lowest BCUT2D eigenvalue weighted by atomic mass is 9.98. The zero-order valence-corrected chi connectivity index (χ0v) is 18.9. The van der Waals surface area contributed by atoms with Crippen LogP contribution < -0.4 is 10.4 Å². The number of nitro benzene ring substituents is 1. The molecule has 0 bridgehead atoms. The summed E-state index contributed by atoms with van der Waals surface area (Å²) in [6.07, 6.45) is 2.47. The Morgan fingerprint density at radius 3 is 2.20 bits per heavy atom. The first-order chi connectivity index (χ1) is 17.2. The van der Waals surface area contributed by atoms with Gasteiger partial charge in [-0.2, -0.15) is 10.2 Å². The van der Waals surface area contributed by atoms with E-state index >= 15 is 0 Å². The van der Waals surface area contributed by atoms with Crippen LogP contribution in [0.25, 0.3) is 0 Å². The lowest BCUT2D eigenvalue weighted by Crippen LogP contribution is -2.18. The summed E-state index contributed by atoms with van der Waals surface area (Å²) in [5, 5.41) is 22.3. The first-order valence-corrected chi connectivity index (χ1v) is 11.3. The van der Waals surface area contributed by atoms with E-state index in [4.69, 9.17) is 5.10 Å². The number of nitro groups is 1. The average Bonchev–Trinajstić information content (AvgIpc) is 3.36. The number of nitrogens with one attached hydrogen (secondary N) is 1. The number of hydrogen-bond acceptors (Lipinski definition) is 6. The molecule has 1 N–H and O–H groups in total. The lowest BCUT2D eigenvalue weighted by Gasteiger charge is -2.24. The first kappa shape index (κ1) is 22.0.